The van der Waals surface area contributed by atoms with Crippen molar-refractivity contribution in [3.63, 3.8) is 0 Å². The predicted molar refractivity (Wildman–Crippen MR) is 71.2 cm³/mol. The van der Waals surface area contributed by atoms with Crippen LogP contribution in [0.2, 0.25) is 5.02 Å². The number of halogens is 1. The zero-order valence-corrected chi connectivity index (χ0v) is 11.7. The highest BCUT2D eigenvalue weighted by Crippen LogP contribution is 2.24. The van der Waals surface area contributed by atoms with Crippen molar-refractivity contribution in [3.05, 3.63) is 29.3 Å². The standard InChI is InChI=1S/C13H17ClO3S/c14-11-7-9-13(10-8-11)18(15,16)17-12-5-3-1-2-4-6-12/h7-10,12H,1-6H2. The molecule has 0 saturated heterocycles. The lowest BCUT2D eigenvalue weighted by Crippen LogP contribution is -2.18. The van der Waals surface area contributed by atoms with Crippen molar-refractivity contribution in [2.75, 3.05) is 0 Å². The van der Waals surface area contributed by atoms with E-state index in [1.54, 1.807) is 12.1 Å². The van der Waals surface area contributed by atoms with Gasteiger partial charge in [0.15, 0.2) is 0 Å². The lowest BCUT2D eigenvalue weighted by atomic mass is 10.2. The summed E-state index contributed by atoms with van der Waals surface area (Å²) in [5.74, 6) is 0. The molecule has 0 atom stereocenters. The first kappa shape index (κ1) is 13.8. The molecule has 0 unspecified atom stereocenters. The van der Waals surface area contributed by atoms with Crippen LogP contribution in [0.1, 0.15) is 38.5 Å². The molecule has 1 saturated carbocycles. The number of hydrogen-bond donors (Lipinski definition) is 0. The second kappa shape index (κ2) is 6.04. The summed E-state index contributed by atoms with van der Waals surface area (Å²) in [6, 6.07) is 6.08. The third-order valence-corrected chi connectivity index (χ3v) is 4.79. The van der Waals surface area contributed by atoms with Gasteiger partial charge in [-0.15, -0.1) is 0 Å². The quantitative estimate of drug-likeness (QED) is 0.628. The minimum absolute atomic E-state index is 0.173. The molecule has 1 aromatic carbocycles. The first-order chi connectivity index (χ1) is 8.58. The Kier molecular flexibility index (Phi) is 4.65. The van der Waals surface area contributed by atoms with Gasteiger partial charge in [-0.1, -0.05) is 37.3 Å². The Bertz CT molecular complexity index is 473. The minimum atomic E-state index is -3.65. The molecular weight excluding hydrogens is 272 g/mol. The first-order valence-electron chi connectivity index (χ1n) is 6.27. The van der Waals surface area contributed by atoms with E-state index in [1.807, 2.05) is 0 Å². The van der Waals surface area contributed by atoms with E-state index in [4.69, 9.17) is 15.8 Å². The second-order valence-corrected chi connectivity index (χ2v) is 6.63. The normalized spacial score (nSPS) is 18.5. The van der Waals surface area contributed by atoms with E-state index in [9.17, 15) is 8.42 Å². The number of rotatable bonds is 3. The van der Waals surface area contributed by atoms with Crippen LogP contribution in [0, 0.1) is 0 Å². The average molecular weight is 289 g/mol. The van der Waals surface area contributed by atoms with Crippen molar-refractivity contribution >= 4 is 21.7 Å². The average Bonchev–Trinajstić information content (AvgIpc) is 2.57. The summed E-state index contributed by atoms with van der Waals surface area (Å²) in [4.78, 5) is 0.177. The minimum Gasteiger partial charge on any atom is -0.263 e. The third-order valence-electron chi connectivity index (χ3n) is 3.17. The van der Waals surface area contributed by atoms with Gasteiger partial charge < -0.3 is 0 Å². The van der Waals surface area contributed by atoms with Crippen LogP contribution < -0.4 is 0 Å². The summed E-state index contributed by atoms with van der Waals surface area (Å²) in [5, 5.41) is 0.517. The molecule has 3 nitrogen and oxygen atoms in total. The van der Waals surface area contributed by atoms with Gasteiger partial charge in [0.25, 0.3) is 10.1 Å². The van der Waals surface area contributed by atoms with Crippen molar-refractivity contribution in [2.45, 2.75) is 49.5 Å². The maximum absolute atomic E-state index is 12.1. The summed E-state index contributed by atoms with van der Waals surface area (Å²) >= 11 is 5.74. The van der Waals surface area contributed by atoms with Crippen LogP contribution in [0.4, 0.5) is 0 Å². The van der Waals surface area contributed by atoms with Gasteiger partial charge in [0.05, 0.1) is 11.0 Å². The molecule has 0 aromatic heterocycles. The van der Waals surface area contributed by atoms with Crippen molar-refractivity contribution in [1.82, 2.24) is 0 Å². The van der Waals surface area contributed by atoms with E-state index < -0.39 is 10.1 Å². The fraction of sp³-hybridized carbons (Fsp3) is 0.538. The van der Waals surface area contributed by atoms with Crippen LogP contribution >= 0.6 is 11.6 Å². The van der Waals surface area contributed by atoms with E-state index in [2.05, 4.69) is 0 Å². The molecule has 0 aliphatic heterocycles. The number of hydrogen-bond acceptors (Lipinski definition) is 3. The maximum Gasteiger partial charge on any atom is 0.297 e. The van der Waals surface area contributed by atoms with Crippen molar-refractivity contribution < 1.29 is 12.6 Å². The summed E-state index contributed by atoms with van der Waals surface area (Å²) < 4.78 is 29.4. The van der Waals surface area contributed by atoms with Crippen LogP contribution in [0.25, 0.3) is 0 Å². The molecule has 0 N–H and O–H groups in total. The first-order valence-corrected chi connectivity index (χ1v) is 8.05. The fourth-order valence-corrected chi connectivity index (χ4v) is 3.43. The molecule has 1 fully saturated rings. The predicted octanol–water partition coefficient (Wildman–Crippen LogP) is 3.77. The summed E-state index contributed by atoms with van der Waals surface area (Å²) in [7, 11) is -3.65. The Morgan fingerprint density at radius 3 is 2.11 bits per heavy atom. The van der Waals surface area contributed by atoms with Gasteiger partial charge >= 0.3 is 0 Å². The molecule has 0 amide bonds. The van der Waals surface area contributed by atoms with Gasteiger partial charge in [-0.2, -0.15) is 8.42 Å². The van der Waals surface area contributed by atoms with E-state index in [0.717, 1.165) is 25.7 Å². The second-order valence-electron chi connectivity index (χ2n) is 4.62. The monoisotopic (exact) mass is 288 g/mol. The molecule has 1 aliphatic rings. The molecule has 0 heterocycles. The van der Waals surface area contributed by atoms with E-state index >= 15 is 0 Å². The fourth-order valence-electron chi connectivity index (χ4n) is 2.17. The van der Waals surface area contributed by atoms with Gasteiger partial charge in [0.1, 0.15) is 0 Å². The van der Waals surface area contributed by atoms with Crippen LogP contribution in [-0.4, -0.2) is 14.5 Å². The van der Waals surface area contributed by atoms with Crippen molar-refractivity contribution in [2.24, 2.45) is 0 Å². The molecule has 1 aromatic rings. The third kappa shape index (κ3) is 3.70. The summed E-state index contributed by atoms with van der Waals surface area (Å²) in [6.07, 6.45) is 5.90. The molecular formula is C13H17ClO3S. The topological polar surface area (TPSA) is 43.4 Å². The molecule has 0 spiro atoms. The molecule has 2 rings (SSSR count). The summed E-state index contributed by atoms with van der Waals surface area (Å²) in [5.41, 5.74) is 0. The molecule has 1 aliphatic carbocycles. The lowest BCUT2D eigenvalue weighted by Gasteiger charge is -2.15. The van der Waals surface area contributed by atoms with Crippen molar-refractivity contribution in [1.29, 1.82) is 0 Å². The van der Waals surface area contributed by atoms with Crippen molar-refractivity contribution in [3.8, 4) is 0 Å². The van der Waals surface area contributed by atoms with Crippen LogP contribution in [0.15, 0.2) is 29.2 Å². The largest absolute Gasteiger partial charge is 0.297 e. The van der Waals surface area contributed by atoms with E-state index in [1.165, 1.54) is 25.0 Å². The highest BCUT2D eigenvalue weighted by molar-refractivity contribution is 7.86. The van der Waals surface area contributed by atoms with Gasteiger partial charge in [-0.25, -0.2) is 0 Å². The Hall–Kier alpha value is -0.580. The Morgan fingerprint density at radius 2 is 1.56 bits per heavy atom. The molecule has 0 radical (unpaired) electrons. The number of benzene rings is 1. The van der Waals surface area contributed by atoms with Gasteiger partial charge in [0, 0.05) is 5.02 Å². The zero-order valence-electron chi connectivity index (χ0n) is 10.1. The molecule has 0 bridgehead atoms. The summed E-state index contributed by atoms with van der Waals surface area (Å²) in [6.45, 7) is 0. The molecule has 100 valence electrons. The van der Waals surface area contributed by atoms with Gasteiger partial charge in [-0.3, -0.25) is 4.18 Å². The Labute approximate surface area is 113 Å². The van der Waals surface area contributed by atoms with E-state index in [-0.39, 0.29) is 11.0 Å². The van der Waals surface area contributed by atoms with Crippen LogP contribution in [0.5, 0.6) is 0 Å². The Morgan fingerprint density at radius 1 is 1.00 bits per heavy atom. The SMILES string of the molecule is O=S(=O)(OC1CCCCCC1)c1ccc(Cl)cc1. The zero-order chi connectivity index (χ0) is 13.0. The van der Waals surface area contributed by atoms with E-state index in [0.29, 0.717) is 5.02 Å². The van der Waals surface area contributed by atoms with Crippen LogP contribution in [0.3, 0.4) is 0 Å². The van der Waals surface area contributed by atoms with Crippen LogP contribution in [-0.2, 0) is 14.3 Å². The lowest BCUT2D eigenvalue weighted by molar-refractivity contribution is 0.191. The highest BCUT2D eigenvalue weighted by atomic mass is 35.5. The Balaban J connectivity index is 2.08. The highest BCUT2D eigenvalue weighted by Gasteiger charge is 2.22. The molecule has 5 heteroatoms. The molecule has 18 heavy (non-hydrogen) atoms. The van der Waals surface area contributed by atoms with Gasteiger partial charge in [0.2, 0.25) is 0 Å². The maximum atomic E-state index is 12.1. The smallest absolute Gasteiger partial charge is 0.263 e. The van der Waals surface area contributed by atoms with Gasteiger partial charge in [-0.05, 0) is 37.1 Å².